The normalized spacial score (nSPS) is 25.9. The molecule has 3 fully saturated rings. The Kier molecular flexibility index (Phi) is 4.20. The van der Waals surface area contributed by atoms with Crippen molar-refractivity contribution >= 4 is 11.7 Å². The third-order valence-electron chi connectivity index (χ3n) is 4.23. The van der Waals surface area contributed by atoms with Gasteiger partial charge in [-0.05, 0) is 43.6 Å². The van der Waals surface area contributed by atoms with Crippen LogP contribution in [-0.2, 0) is 16.2 Å². The van der Waals surface area contributed by atoms with Crippen LogP contribution >= 0.6 is 0 Å². The fourth-order valence-electron chi connectivity index (χ4n) is 2.93. The van der Waals surface area contributed by atoms with Crippen molar-refractivity contribution in [2.45, 2.75) is 19.4 Å². The highest BCUT2D eigenvalue weighted by molar-refractivity contribution is 5.89. The lowest BCUT2D eigenvalue weighted by atomic mass is 9.87. The third kappa shape index (κ3) is 3.24. The molecular formula is C16H20N2O3. The van der Waals surface area contributed by atoms with Gasteiger partial charge >= 0.3 is 5.97 Å². The molecule has 0 aromatic heterocycles. The second kappa shape index (κ2) is 6.26. The molecule has 0 saturated carbocycles. The molecule has 5 nitrogen and oxygen atoms in total. The van der Waals surface area contributed by atoms with Crippen molar-refractivity contribution in [1.29, 1.82) is 0 Å². The van der Waals surface area contributed by atoms with Crippen LogP contribution in [0.1, 0.15) is 28.8 Å². The van der Waals surface area contributed by atoms with E-state index in [1.54, 1.807) is 12.1 Å². The first-order valence-electron chi connectivity index (χ1n) is 7.34. The molecule has 2 bridgehead atoms. The van der Waals surface area contributed by atoms with E-state index in [1.807, 2.05) is 12.1 Å². The molecule has 3 aliphatic heterocycles. The zero-order chi connectivity index (χ0) is 14.7. The van der Waals surface area contributed by atoms with Crippen molar-refractivity contribution in [3.05, 3.63) is 35.4 Å². The first kappa shape index (κ1) is 14.1. The van der Waals surface area contributed by atoms with Crippen LogP contribution in [0, 0.1) is 5.92 Å². The number of ether oxygens (including phenoxy) is 1. The van der Waals surface area contributed by atoms with Crippen LogP contribution in [0.25, 0.3) is 0 Å². The van der Waals surface area contributed by atoms with Crippen LogP contribution in [0.2, 0.25) is 0 Å². The van der Waals surface area contributed by atoms with Gasteiger partial charge in [-0.1, -0.05) is 17.3 Å². The quantitative estimate of drug-likeness (QED) is 0.628. The van der Waals surface area contributed by atoms with Gasteiger partial charge in [0, 0.05) is 12.5 Å². The van der Waals surface area contributed by atoms with Gasteiger partial charge in [-0.2, -0.15) is 0 Å². The molecule has 0 N–H and O–H groups in total. The summed E-state index contributed by atoms with van der Waals surface area (Å²) < 4.78 is 4.67. The van der Waals surface area contributed by atoms with Crippen molar-refractivity contribution < 1.29 is 14.4 Å². The number of methoxy groups -OCH3 is 1. The average molecular weight is 288 g/mol. The lowest BCUT2D eigenvalue weighted by Crippen LogP contribution is -2.47. The molecule has 3 saturated heterocycles. The minimum Gasteiger partial charge on any atom is -0.465 e. The highest BCUT2D eigenvalue weighted by Crippen LogP contribution is 2.25. The molecule has 0 atom stereocenters. The van der Waals surface area contributed by atoms with Gasteiger partial charge in [0.2, 0.25) is 0 Å². The molecule has 0 amide bonds. The molecule has 5 heteroatoms. The Morgan fingerprint density at radius 2 is 2.00 bits per heavy atom. The Hall–Kier alpha value is -1.88. The van der Waals surface area contributed by atoms with Gasteiger partial charge in [0.25, 0.3) is 0 Å². The molecule has 0 aliphatic carbocycles. The molecule has 21 heavy (non-hydrogen) atoms. The zero-order valence-electron chi connectivity index (χ0n) is 12.2. The molecular weight excluding hydrogens is 268 g/mol. The maximum atomic E-state index is 11.3. The lowest BCUT2D eigenvalue weighted by Gasteiger charge is -2.39. The Morgan fingerprint density at radius 1 is 1.29 bits per heavy atom. The highest BCUT2D eigenvalue weighted by Gasteiger charge is 2.31. The Labute approximate surface area is 124 Å². The number of carbonyl (C=O) groups excluding carboxylic acids is 1. The number of hydrogen-bond acceptors (Lipinski definition) is 5. The highest BCUT2D eigenvalue weighted by atomic mass is 16.6. The fourth-order valence-corrected chi connectivity index (χ4v) is 2.93. The molecule has 112 valence electrons. The SMILES string of the molecule is COC(=O)c1ccc(CO/N=C2\CN3CCC2CC3)cc1. The number of esters is 1. The summed E-state index contributed by atoms with van der Waals surface area (Å²) in [4.78, 5) is 19.2. The summed E-state index contributed by atoms with van der Waals surface area (Å²) in [5.74, 6) is 0.284. The molecule has 1 aromatic rings. The maximum Gasteiger partial charge on any atom is 0.337 e. The number of benzene rings is 1. The van der Waals surface area contributed by atoms with Gasteiger partial charge in [0.1, 0.15) is 6.61 Å². The van der Waals surface area contributed by atoms with E-state index in [-0.39, 0.29) is 5.97 Å². The molecule has 0 spiro atoms. The maximum absolute atomic E-state index is 11.3. The molecule has 3 heterocycles. The average Bonchev–Trinajstić information content (AvgIpc) is 2.56. The number of rotatable bonds is 4. The molecule has 4 rings (SSSR count). The van der Waals surface area contributed by atoms with E-state index in [0.29, 0.717) is 18.1 Å². The summed E-state index contributed by atoms with van der Waals surface area (Å²) in [5, 5.41) is 4.32. The fraction of sp³-hybridized carbons (Fsp3) is 0.500. The number of fused-ring (bicyclic) bond motifs is 3. The number of nitrogens with zero attached hydrogens (tertiary/aromatic N) is 2. The third-order valence-corrected chi connectivity index (χ3v) is 4.23. The Balaban J connectivity index is 1.54. The molecule has 3 aliphatic rings. The van der Waals surface area contributed by atoms with Gasteiger partial charge in [-0.25, -0.2) is 4.79 Å². The van der Waals surface area contributed by atoms with Gasteiger partial charge in [-0.3, -0.25) is 4.90 Å². The second-order valence-corrected chi connectivity index (χ2v) is 5.59. The van der Waals surface area contributed by atoms with Gasteiger partial charge < -0.3 is 9.57 Å². The van der Waals surface area contributed by atoms with E-state index in [2.05, 4.69) is 14.8 Å². The predicted octanol–water partition coefficient (Wildman–Crippen LogP) is 2.07. The van der Waals surface area contributed by atoms with E-state index in [4.69, 9.17) is 4.84 Å². The van der Waals surface area contributed by atoms with E-state index in [9.17, 15) is 4.79 Å². The summed E-state index contributed by atoms with van der Waals surface area (Å²) in [7, 11) is 1.38. The zero-order valence-corrected chi connectivity index (χ0v) is 12.2. The van der Waals surface area contributed by atoms with Gasteiger partial charge in [0.15, 0.2) is 0 Å². The number of oxime groups is 1. The van der Waals surface area contributed by atoms with Crippen LogP contribution in [-0.4, -0.2) is 43.3 Å². The smallest absolute Gasteiger partial charge is 0.337 e. The van der Waals surface area contributed by atoms with Crippen molar-refractivity contribution in [3.8, 4) is 0 Å². The van der Waals surface area contributed by atoms with Crippen LogP contribution < -0.4 is 0 Å². The summed E-state index contributed by atoms with van der Waals surface area (Å²) in [6.45, 7) is 3.76. The monoisotopic (exact) mass is 288 g/mol. The van der Waals surface area contributed by atoms with Crippen molar-refractivity contribution in [2.24, 2.45) is 11.1 Å². The number of carbonyl (C=O) groups is 1. The summed E-state index contributed by atoms with van der Waals surface area (Å²) in [6.07, 6.45) is 2.41. The molecule has 1 aromatic carbocycles. The lowest BCUT2D eigenvalue weighted by molar-refractivity contribution is 0.0600. The first-order chi connectivity index (χ1) is 10.3. The van der Waals surface area contributed by atoms with E-state index >= 15 is 0 Å². The standard InChI is InChI=1S/C16H20N2O3/c1-20-16(19)14-4-2-12(3-5-14)11-21-17-15-10-18-8-6-13(15)7-9-18/h2-5,13H,6-11H2,1H3/b17-15+. The largest absolute Gasteiger partial charge is 0.465 e. The van der Waals surface area contributed by atoms with E-state index in [1.165, 1.54) is 38.8 Å². The Morgan fingerprint density at radius 3 is 2.57 bits per heavy atom. The van der Waals surface area contributed by atoms with Gasteiger partial charge in [-0.15, -0.1) is 0 Å². The van der Waals surface area contributed by atoms with Crippen molar-refractivity contribution in [3.63, 3.8) is 0 Å². The topological polar surface area (TPSA) is 51.1 Å². The number of piperidine rings is 3. The number of hydrogen-bond donors (Lipinski definition) is 0. The summed E-state index contributed by atoms with van der Waals surface area (Å²) >= 11 is 0. The Bertz CT molecular complexity index is 531. The first-order valence-corrected chi connectivity index (χ1v) is 7.34. The second-order valence-electron chi connectivity index (χ2n) is 5.59. The summed E-state index contributed by atoms with van der Waals surface area (Å²) in [5.41, 5.74) is 2.72. The molecule has 0 unspecified atom stereocenters. The van der Waals surface area contributed by atoms with Gasteiger partial charge in [0.05, 0.1) is 18.4 Å². The molecule has 0 radical (unpaired) electrons. The van der Waals surface area contributed by atoms with E-state index in [0.717, 1.165) is 12.1 Å². The minimum atomic E-state index is -0.324. The summed E-state index contributed by atoms with van der Waals surface area (Å²) in [6, 6.07) is 7.21. The minimum absolute atomic E-state index is 0.324. The predicted molar refractivity (Wildman–Crippen MR) is 79.2 cm³/mol. The van der Waals surface area contributed by atoms with E-state index < -0.39 is 0 Å². The van der Waals surface area contributed by atoms with Crippen molar-refractivity contribution in [1.82, 2.24) is 4.90 Å². The van der Waals surface area contributed by atoms with Crippen LogP contribution in [0.5, 0.6) is 0 Å². The van der Waals surface area contributed by atoms with Crippen LogP contribution in [0.3, 0.4) is 0 Å². The van der Waals surface area contributed by atoms with Crippen LogP contribution in [0.15, 0.2) is 29.4 Å². The van der Waals surface area contributed by atoms with Crippen molar-refractivity contribution in [2.75, 3.05) is 26.7 Å². The van der Waals surface area contributed by atoms with Crippen LogP contribution in [0.4, 0.5) is 0 Å².